The number of para-hydroxylation sites is 2. The van der Waals surface area contributed by atoms with Gasteiger partial charge in [-0.15, -0.1) is 0 Å². The molecule has 0 aliphatic carbocycles. The van der Waals surface area contributed by atoms with Gasteiger partial charge in [-0.25, -0.2) is 8.42 Å². The second-order valence-corrected chi connectivity index (χ2v) is 13.2. The molecule has 0 saturated heterocycles. The summed E-state index contributed by atoms with van der Waals surface area (Å²) in [5.74, 6) is -0.160. The van der Waals surface area contributed by atoms with E-state index in [2.05, 4.69) is 5.32 Å². The molecule has 43 heavy (non-hydrogen) atoms. The van der Waals surface area contributed by atoms with E-state index in [0.717, 1.165) is 11.8 Å². The average molecular weight is 649 g/mol. The molecule has 3 aromatic rings. The van der Waals surface area contributed by atoms with E-state index in [1.54, 1.807) is 42.5 Å². The fourth-order valence-corrected chi connectivity index (χ4v) is 6.13. The number of hydrogen-bond acceptors (Lipinski definition) is 5. The van der Waals surface area contributed by atoms with Gasteiger partial charge in [-0.1, -0.05) is 71.7 Å². The molecule has 0 aliphatic heterocycles. The molecule has 0 spiro atoms. The van der Waals surface area contributed by atoms with Gasteiger partial charge in [0.25, 0.3) is 0 Å². The molecule has 0 aromatic heterocycles. The van der Waals surface area contributed by atoms with Crippen LogP contribution in [-0.4, -0.2) is 56.6 Å². The van der Waals surface area contributed by atoms with Gasteiger partial charge in [0.15, 0.2) is 0 Å². The van der Waals surface area contributed by atoms with Crippen LogP contribution >= 0.6 is 23.2 Å². The first-order chi connectivity index (χ1) is 20.4. The fraction of sp³-hybridized carbons (Fsp3) is 0.375. The van der Waals surface area contributed by atoms with Gasteiger partial charge in [-0.05, 0) is 62.6 Å². The Hall–Kier alpha value is -3.27. The monoisotopic (exact) mass is 647 g/mol. The first kappa shape index (κ1) is 34.2. The number of carbonyl (C=O) groups is 2. The molecule has 1 atom stereocenters. The molecular formula is C32H39Cl2N3O5S. The van der Waals surface area contributed by atoms with E-state index in [1.165, 1.54) is 9.21 Å². The van der Waals surface area contributed by atoms with Gasteiger partial charge in [0.1, 0.15) is 11.8 Å². The largest absolute Gasteiger partial charge is 0.492 e. The van der Waals surface area contributed by atoms with Gasteiger partial charge in [0.2, 0.25) is 21.8 Å². The Morgan fingerprint density at radius 2 is 1.65 bits per heavy atom. The topological polar surface area (TPSA) is 96.0 Å². The first-order valence-corrected chi connectivity index (χ1v) is 16.8. The quantitative estimate of drug-likeness (QED) is 0.215. The minimum absolute atomic E-state index is 0.00568. The van der Waals surface area contributed by atoms with Crippen molar-refractivity contribution in [3.8, 4) is 5.75 Å². The summed E-state index contributed by atoms with van der Waals surface area (Å²) in [4.78, 5) is 29.1. The van der Waals surface area contributed by atoms with Crippen LogP contribution in [0.15, 0.2) is 72.8 Å². The van der Waals surface area contributed by atoms with E-state index < -0.39 is 16.1 Å². The number of sulfonamides is 1. The zero-order chi connectivity index (χ0) is 31.6. The number of nitrogens with zero attached hydrogens (tertiary/aromatic N) is 2. The Kier molecular flexibility index (Phi) is 12.7. The normalized spacial score (nSPS) is 12.1. The van der Waals surface area contributed by atoms with Gasteiger partial charge in [0.05, 0.1) is 18.6 Å². The van der Waals surface area contributed by atoms with Crippen LogP contribution in [0.4, 0.5) is 5.69 Å². The van der Waals surface area contributed by atoms with Crippen molar-refractivity contribution in [2.24, 2.45) is 0 Å². The highest BCUT2D eigenvalue weighted by Crippen LogP contribution is 2.30. The SMILES string of the molecule is CCOc1ccccc1N(CCCC(=O)N(Cc1ccc(Cl)cc1Cl)[C@H](Cc1ccccc1)C(=O)NC(C)C)S(C)(=O)=O. The molecule has 0 bridgehead atoms. The van der Waals surface area contributed by atoms with Crippen molar-refractivity contribution >= 4 is 50.7 Å². The molecule has 0 aliphatic rings. The van der Waals surface area contributed by atoms with Crippen LogP contribution in [0.1, 0.15) is 44.7 Å². The molecule has 3 rings (SSSR count). The third kappa shape index (κ3) is 10.2. The molecule has 0 radical (unpaired) electrons. The molecule has 8 nitrogen and oxygen atoms in total. The Balaban J connectivity index is 1.92. The first-order valence-electron chi connectivity index (χ1n) is 14.2. The third-order valence-electron chi connectivity index (χ3n) is 6.64. The van der Waals surface area contributed by atoms with Crippen molar-refractivity contribution < 1.29 is 22.7 Å². The maximum atomic E-state index is 14.0. The van der Waals surface area contributed by atoms with Crippen LogP contribution in [0.5, 0.6) is 5.75 Å². The fourth-order valence-electron chi connectivity index (χ4n) is 4.69. The van der Waals surface area contributed by atoms with Crippen LogP contribution in [0, 0.1) is 0 Å². The van der Waals surface area contributed by atoms with Crippen molar-refractivity contribution in [1.82, 2.24) is 10.2 Å². The van der Waals surface area contributed by atoms with Crippen LogP contribution < -0.4 is 14.4 Å². The minimum Gasteiger partial charge on any atom is -0.492 e. The molecule has 1 N–H and O–H groups in total. The number of amides is 2. The summed E-state index contributed by atoms with van der Waals surface area (Å²) in [6.45, 7) is 6.03. The van der Waals surface area contributed by atoms with Gasteiger partial charge in [-0.3, -0.25) is 13.9 Å². The molecule has 2 amide bonds. The predicted octanol–water partition coefficient (Wildman–Crippen LogP) is 6.10. The van der Waals surface area contributed by atoms with E-state index >= 15 is 0 Å². The van der Waals surface area contributed by atoms with Gasteiger partial charge >= 0.3 is 0 Å². The Labute approximate surface area is 265 Å². The Morgan fingerprint density at radius 1 is 0.977 bits per heavy atom. The van der Waals surface area contributed by atoms with E-state index in [1.807, 2.05) is 51.1 Å². The molecule has 11 heteroatoms. The summed E-state index contributed by atoms with van der Waals surface area (Å²) < 4.78 is 32.5. The number of ether oxygens (including phenoxy) is 1. The molecule has 0 fully saturated rings. The standard InChI is InChI=1S/C32H39Cl2N3O5S/c1-5-42-30-15-10-9-14-28(30)37(43(4,40)41)19-11-16-31(38)36(22-25-17-18-26(33)21-27(25)34)29(32(39)35-23(2)3)20-24-12-7-6-8-13-24/h6-10,12-15,17-18,21,23,29H,5,11,16,19-20,22H2,1-4H3,(H,35,39)/t29-/m1/s1. The molecule has 0 unspecified atom stereocenters. The zero-order valence-corrected chi connectivity index (χ0v) is 27.3. The number of hydrogen-bond donors (Lipinski definition) is 1. The van der Waals surface area contributed by atoms with Crippen LogP contribution in [0.3, 0.4) is 0 Å². The Bertz CT molecular complexity index is 1490. The highest BCUT2D eigenvalue weighted by Gasteiger charge is 2.31. The number of halogens is 2. The van der Waals surface area contributed by atoms with Crippen molar-refractivity contribution in [3.05, 3.63) is 94.0 Å². The maximum absolute atomic E-state index is 14.0. The maximum Gasteiger partial charge on any atom is 0.243 e. The molecule has 0 saturated carbocycles. The van der Waals surface area contributed by atoms with Crippen molar-refractivity contribution in [3.63, 3.8) is 0 Å². The van der Waals surface area contributed by atoms with Crippen molar-refractivity contribution in [2.45, 2.75) is 58.7 Å². The van der Waals surface area contributed by atoms with Crippen molar-refractivity contribution in [1.29, 1.82) is 0 Å². The lowest BCUT2D eigenvalue weighted by Gasteiger charge is -2.32. The summed E-state index contributed by atoms with van der Waals surface area (Å²) >= 11 is 12.6. The van der Waals surface area contributed by atoms with Gasteiger partial charge < -0.3 is 15.0 Å². The lowest BCUT2D eigenvalue weighted by molar-refractivity contribution is -0.141. The lowest BCUT2D eigenvalue weighted by Crippen LogP contribution is -2.51. The van der Waals surface area contributed by atoms with E-state index in [9.17, 15) is 18.0 Å². The second-order valence-electron chi connectivity index (χ2n) is 10.5. The highest BCUT2D eigenvalue weighted by molar-refractivity contribution is 7.92. The average Bonchev–Trinajstić information content (AvgIpc) is 2.94. The van der Waals surface area contributed by atoms with Gasteiger partial charge in [-0.2, -0.15) is 0 Å². The molecule has 0 heterocycles. The van der Waals surface area contributed by atoms with E-state index in [0.29, 0.717) is 33.7 Å². The number of benzene rings is 3. The van der Waals surface area contributed by atoms with Crippen LogP contribution in [0.25, 0.3) is 0 Å². The number of carbonyl (C=O) groups excluding carboxylic acids is 2. The number of rotatable bonds is 15. The molecule has 3 aromatic carbocycles. The van der Waals surface area contributed by atoms with Crippen LogP contribution in [0.2, 0.25) is 10.0 Å². The molecular weight excluding hydrogens is 609 g/mol. The summed E-state index contributed by atoms with van der Waals surface area (Å²) in [5.41, 5.74) is 1.93. The summed E-state index contributed by atoms with van der Waals surface area (Å²) in [5, 5.41) is 3.79. The smallest absolute Gasteiger partial charge is 0.243 e. The molecule has 232 valence electrons. The third-order valence-corrected chi connectivity index (χ3v) is 8.41. The van der Waals surface area contributed by atoms with Gasteiger partial charge in [0, 0.05) is 42.0 Å². The number of anilines is 1. The van der Waals surface area contributed by atoms with E-state index in [-0.39, 0.29) is 50.2 Å². The number of nitrogens with one attached hydrogen (secondary N) is 1. The summed E-state index contributed by atoms with van der Waals surface area (Å²) in [6.07, 6.45) is 1.61. The highest BCUT2D eigenvalue weighted by atomic mass is 35.5. The second kappa shape index (κ2) is 16.0. The van der Waals surface area contributed by atoms with E-state index in [4.69, 9.17) is 27.9 Å². The van der Waals surface area contributed by atoms with Crippen LogP contribution in [-0.2, 0) is 32.6 Å². The zero-order valence-electron chi connectivity index (χ0n) is 24.9. The Morgan fingerprint density at radius 3 is 2.28 bits per heavy atom. The minimum atomic E-state index is -3.68. The lowest BCUT2D eigenvalue weighted by atomic mass is 10.0. The van der Waals surface area contributed by atoms with Crippen molar-refractivity contribution in [2.75, 3.05) is 23.7 Å². The predicted molar refractivity (Wildman–Crippen MR) is 173 cm³/mol. The summed E-state index contributed by atoms with van der Waals surface area (Å²) in [6, 6.07) is 20.4. The summed E-state index contributed by atoms with van der Waals surface area (Å²) in [7, 11) is -3.68.